The molecule has 0 heterocycles. The highest BCUT2D eigenvalue weighted by atomic mass is 79.9. The van der Waals surface area contributed by atoms with E-state index in [9.17, 15) is 8.42 Å². The summed E-state index contributed by atoms with van der Waals surface area (Å²) >= 11 is 3.51. The van der Waals surface area contributed by atoms with Crippen LogP contribution in [0.15, 0.2) is 29.2 Å². The molecule has 1 aromatic carbocycles. The summed E-state index contributed by atoms with van der Waals surface area (Å²) in [5, 5.41) is 0.797. The lowest BCUT2D eigenvalue weighted by atomic mass is 9.85. The van der Waals surface area contributed by atoms with Crippen molar-refractivity contribution in [3.8, 4) is 0 Å². The molecule has 0 aliphatic carbocycles. The molecule has 0 spiro atoms. The Bertz CT molecular complexity index is 513. The third-order valence-electron chi connectivity index (χ3n) is 4.19. The van der Waals surface area contributed by atoms with Gasteiger partial charge in [0, 0.05) is 11.9 Å². The quantitative estimate of drug-likeness (QED) is 0.659. The number of halogens is 1. The maximum absolute atomic E-state index is 12.4. The molecule has 0 unspecified atom stereocenters. The zero-order valence-corrected chi connectivity index (χ0v) is 15.6. The number of rotatable bonds is 9. The van der Waals surface area contributed by atoms with Gasteiger partial charge in [0.15, 0.2) is 0 Å². The average molecular weight is 376 g/mol. The highest BCUT2D eigenvalue weighted by Gasteiger charge is 2.27. The van der Waals surface area contributed by atoms with Crippen LogP contribution in [0.1, 0.15) is 45.6 Å². The molecule has 0 aliphatic rings. The minimum absolute atomic E-state index is 0.0186. The first-order valence-corrected chi connectivity index (χ1v) is 10.2. The summed E-state index contributed by atoms with van der Waals surface area (Å²) in [5.41, 5.74) is 1.16. The Kier molecular flexibility index (Phi) is 7.37. The van der Waals surface area contributed by atoms with Crippen molar-refractivity contribution < 1.29 is 8.42 Å². The lowest BCUT2D eigenvalue weighted by molar-refractivity contribution is 0.309. The summed E-state index contributed by atoms with van der Waals surface area (Å²) in [4.78, 5) is 0.345. The van der Waals surface area contributed by atoms with Gasteiger partial charge in [-0.3, -0.25) is 0 Å². The minimum atomic E-state index is -3.43. The van der Waals surface area contributed by atoms with E-state index in [1.54, 1.807) is 12.1 Å². The van der Waals surface area contributed by atoms with Gasteiger partial charge in [0.05, 0.1) is 4.90 Å². The molecule has 1 N–H and O–H groups in total. The second-order valence-corrected chi connectivity index (χ2v) is 7.89. The van der Waals surface area contributed by atoms with Gasteiger partial charge in [0.2, 0.25) is 10.0 Å². The lowest BCUT2D eigenvalue weighted by Crippen LogP contribution is -2.38. The molecule has 3 nitrogen and oxygen atoms in total. The maximum Gasteiger partial charge on any atom is 0.240 e. The zero-order valence-electron chi connectivity index (χ0n) is 13.2. The van der Waals surface area contributed by atoms with Crippen LogP contribution < -0.4 is 4.72 Å². The van der Waals surface area contributed by atoms with Crippen molar-refractivity contribution in [3.05, 3.63) is 29.8 Å². The summed E-state index contributed by atoms with van der Waals surface area (Å²) in [6.07, 6.45) is 3.91. The van der Waals surface area contributed by atoms with Crippen molar-refractivity contribution in [2.45, 2.75) is 51.3 Å². The van der Waals surface area contributed by atoms with E-state index in [0.717, 1.165) is 31.0 Å². The summed E-state index contributed by atoms with van der Waals surface area (Å²) in [6.45, 7) is 6.77. The Morgan fingerprint density at radius 3 is 2.10 bits per heavy atom. The predicted octanol–water partition coefficient (Wildman–Crippen LogP) is 4.12. The van der Waals surface area contributed by atoms with E-state index in [1.807, 2.05) is 12.1 Å². The standard InChI is InChI=1S/C16H26BrNO2S/c1-4-7-14-8-10-15(11-9-14)21(19,20)18-13-16(5-2,6-3)12-17/h8-11,18H,4-7,12-13H2,1-3H3. The normalized spacial score (nSPS) is 12.6. The first-order valence-electron chi connectivity index (χ1n) is 7.57. The largest absolute Gasteiger partial charge is 0.240 e. The molecule has 0 aromatic heterocycles. The van der Waals surface area contributed by atoms with Crippen LogP contribution in [-0.4, -0.2) is 20.3 Å². The topological polar surface area (TPSA) is 46.2 Å². The first-order chi connectivity index (χ1) is 9.93. The number of aryl methyl sites for hydroxylation is 1. The smallest absolute Gasteiger partial charge is 0.211 e. The van der Waals surface area contributed by atoms with Crippen LogP contribution in [-0.2, 0) is 16.4 Å². The van der Waals surface area contributed by atoms with Gasteiger partial charge in [-0.15, -0.1) is 0 Å². The second-order valence-electron chi connectivity index (χ2n) is 5.56. The predicted molar refractivity (Wildman–Crippen MR) is 92.4 cm³/mol. The van der Waals surface area contributed by atoms with E-state index >= 15 is 0 Å². The third-order valence-corrected chi connectivity index (χ3v) is 6.80. The summed E-state index contributed by atoms with van der Waals surface area (Å²) in [6, 6.07) is 7.19. The van der Waals surface area contributed by atoms with E-state index in [4.69, 9.17) is 0 Å². The average Bonchev–Trinajstić information content (AvgIpc) is 2.50. The minimum Gasteiger partial charge on any atom is -0.211 e. The molecule has 0 aliphatic heterocycles. The van der Waals surface area contributed by atoms with Crippen molar-refractivity contribution in [2.24, 2.45) is 5.41 Å². The number of alkyl halides is 1. The molecule has 21 heavy (non-hydrogen) atoms. The van der Waals surface area contributed by atoms with Gasteiger partial charge in [-0.25, -0.2) is 13.1 Å². The highest BCUT2D eigenvalue weighted by molar-refractivity contribution is 9.09. The van der Waals surface area contributed by atoms with Crippen molar-refractivity contribution in [2.75, 3.05) is 11.9 Å². The second kappa shape index (κ2) is 8.30. The summed E-state index contributed by atoms with van der Waals surface area (Å²) < 4.78 is 27.5. The van der Waals surface area contributed by atoms with Crippen LogP contribution in [0.5, 0.6) is 0 Å². The number of benzene rings is 1. The molecular formula is C16H26BrNO2S. The Balaban J connectivity index is 2.81. The van der Waals surface area contributed by atoms with Gasteiger partial charge in [-0.1, -0.05) is 55.3 Å². The van der Waals surface area contributed by atoms with E-state index in [1.165, 1.54) is 5.56 Å². The van der Waals surface area contributed by atoms with Crippen LogP contribution in [0.25, 0.3) is 0 Å². The van der Waals surface area contributed by atoms with Crippen LogP contribution in [0.4, 0.5) is 0 Å². The first kappa shape index (κ1) is 18.7. The molecule has 1 aromatic rings. The van der Waals surface area contributed by atoms with E-state index < -0.39 is 10.0 Å². The van der Waals surface area contributed by atoms with Crippen LogP contribution in [0, 0.1) is 5.41 Å². The van der Waals surface area contributed by atoms with Gasteiger partial charge in [0.1, 0.15) is 0 Å². The molecule has 1 rings (SSSR count). The SMILES string of the molecule is CCCc1ccc(S(=O)(=O)NCC(CC)(CC)CBr)cc1. The van der Waals surface area contributed by atoms with Crippen LogP contribution in [0.3, 0.4) is 0 Å². The number of nitrogens with one attached hydrogen (secondary N) is 1. The van der Waals surface area contributed by atoms with Crippen molar-refractivity contribution in [1.82, 2.24) is 4.72 Å². The Morgan fingerprint density at radius 1 is 1.10 bits per heavy atom. The molecule has 0 radical (unpaired) electrons. The fourth-order valence-corrected chi connectivity index (χ4v) is 4.34. The van der Waals surface area contributed by atoms with E-state index in [-0.39, 0.29) is 5.41 Å². The van der Waals surface area contributed by atoms with Gasteiger partial charge in [-0.05, 0) is 42.4 Å². The monoisotopic (exact) mass is 375 g/mol. The molecule has 5 heteroatoms. The molecule has 0 amide bonds. The van der Waals surface area contributed by atoms with Crippen molar-refractivity contribution in [1.29, 1.82) is 0 Å². The molecular weight excluding hydrogens is 350 g/mol. The highest BCUT2D eigenvalue weighted by Crippen LogP contribution is 2.28. The molecule has 0 saturated heterocycles. The van der Waals surface area contributed by atoms with Gasteiger partial charge < -0.3 is 0 Å². The summed E-state index contributed by atoms with van der Waals surface area (Å²) in [5.74, 6) is 0. The van der Waals surface area contributed by atoms with Crippen LogP contribution >= 0.6 is 15.9 Å². The van der Waals surface area contributed by atoms with E-state index in [0.29, 0.717) is 11.4 Å². The maximum atomic E-state index is 12.4. The Hall–Kier alpha value is -0.390. The lowest BCUT2D eigenvalue weighted by Gasteiger charge is -2.29. The number of hydrogen-bond donors (Lipinski definition) is 1. The molecule has 120 valence electrons. The summed E-state index contributed by atoms with van der Waals surface area (Å²) in [7, 11) is -3.43. The van der Waals surface area contributed by atoms with E-state index in [2.05, 4.69) is 41.4 Å². The fraction of sp³-hybridized carbons (Fsp3) is 0.625. The molecule has 0 atom stereocenters. The molecule has 0 fully saturated rings. The number of hydrogen-bond acceptors (Lipinski definition) is 2. The number of sulfonamides is 1. The van der Waals surface area contributed by atoms with Gasteiger partial charge in [-0.2, -0.15) is 0 Å². The van der Waals surface area contributed by atoms with Crippen molar-refractivity contribution in [3.63, 3.8) is 0 Å². The molecule has 0 bridgehead atoms. The fourth-order valence-electron chi connectivity index (χ4n) is 2.19. The van der Waals surface area contributed by atoms with Gasteiger partial charge >= 0.3 is 0 Å². The third kappa shape index (κ3) is 5.08. The van der Waals surface area contributed by atoms with Crippen molar-refractivity contribution >= 4 is 26.0 Å². The Morgan fingerprint density at radius 2 is 1.67 bits per heavy atom. The van der Waals surface area contributed by atoms with Gasteiger partial charge in [0.25, 0.3) is 0 Å². The molecule has 0 saturated carbocycles. The Labute approximate surface area is 137 Å². The van der Waals surface area contributed by atoms with Crippen LogP contribution in [0.2, 0.25) is 0 Å². The zero-order chi connectivity index (χ0) is 15.9.